The Balaban J connectivity index is 1.58. The van der Waals surface area contributed by atoms with Gasteiger partial charge in [0, 0.05) is 12.5 Å². The molecular formula is C25H29FN2O3. The summed E-state index contributed by atoms with van der Waals surface area (Å²) in [6.07, 6.45) is 4.85. The maximum atomic E-state index is 13.5. The number of fused-ring (bicyclic) bond motifs is 1. The molecule has 0 radical (unpaired) electrons. The Kier molecular flexibility index (Phi) is 6.54. The second-order valence-electron chi connectivity index (χ2n) is 8.54. The SMILES string of the molecule is COc1cccc(CC(=O)N2[C@H](Cc3ccc(F)cc3)C[C@@H]3NC(=O)CCCC[C@H]32)c1. The lowest BCUT2D eigenvalue weighted by Gasteiger charge is -2.33. The molecule has 2 saturated heterocycles. The molecule has 2 amide bonds. The lowest BCUT2D eigenvalue weighted by Crippen LogP contribution is -2.49. The predicted octanol–water partition coefficient (Wildman–Crippen LogP) is 3.65. The summed E-state index contributed by atoms with van der Waals surface area (Å²) < 4.78 is 18.7. The van der Waals surface area contributed by atoms with Crippen molar-refractivity contribution in [2.24, 2.45) is 0 Å². The summed E-state index contributed by atoms with van der Waals surface area (Å²) in [5, 5.41) is 3.16. The fourth-order valence-electron chi connectivity index (χ4n) is 4.95. The molecule has 4 rings (SSSR count). The lowest BCUT2D eigenvalue weighted by atomic mass is 9.97. The van der Waals surface area contributed by atoms with Gasteiger partial charge in [-0.25, -0.2) is 4.39 Å². The third kappa shape index (κ3) is 5.06. The molecule has 2 aliphatic rings. The number of carbonyl (C=O) groups is 2. The minimum absolute atomic E-state index is 0.00666. The van der Waals surface area contributed by atoms with E-state index in [2.05, 4.69) is 5.32 Å². The Bertz CT molecular complexity index is 931. The van der Waals surface area contributed by atoms with Crippen LogP contribution in [0.1, 0.15) is 43.2 Å². The van der Waals surface area contributed by atoms with E-state index in [1.165, 1.54) is 12.1 Å². The largest absolute Gasteiger partial charge is 0.497 e. The predicted molar refractivity (Wildman–Crippen MR) is 116 cm³/mol. The van der Waals surface area contributed by atoms with Crippen molar-refractivity contribution >= 4 is 11.8 Å². The number of amides is 2. The third-order valence-corrected chi connectivity index (χ3v) is 6.40. The van der Waals surface area contributed by atoms with Crippen LogP contribution in [-0.2, 0) is 22.4 Å². The van der Waals surface area contributed by atoms with E-state index in [0.29, 0.717) is 12.8 Å². The number of carbonyl (C=O) groups excluding carboxylic acids is 2. The molecular weight excluding hydrogens is 395 g/mol. The van der Waals surface area contributed by atoms with Gasteiger partial charge in [0.05, 0.1) is 25.6 Å². The van der Waals surface area contributed by atoms with E-state index in [9.17, 15) is 14.0 Å². The van der Waals surface area contributed by atoms with Crippen LogP contribution in [0.4, 0.5) is 4.39 Å². The van der Waals surface area contributed by atoms with E-state index in [1.54, 1.807) is 19.2 Å². The first-order chi connectivity index (χ1) is 15.0. The van der Waals surface area contributed by atoms with Crippen LogP contribution in [0.25, 0.3) is 0 Å². The molecule has 2 aromatic carbocycles. The van der Waals surface area contributed by atoms with Crippen LogP contribution in [0.15, 0.2) is 48.5 Å². The van der Waals surface area contributed by atoms with E-state index < -0.39 is 0 Å². The Morgan fingerprint density at radius 1 is 1.16 bits per heavy atom. The van der Waals surface area contributed by atoms with E-state index >= 15 is 0 Å². The van der Waals surface area contributed by atoms with Crippen molar-refractivity contribution in [2.75, 3.05) is 7.11 Å². The number of benzene rings is 2. The first-order valence-corrected chi connectivity index (χ1v) is 11.0. The second-order valence-corrected chi connectivity index (χ2v) is 8.54. The molecule has 31 heavy (non-hydrogen) atoms. The van der Waals surface area contributed by atoms with Gasteiger partial charge in [-0.15, -0.1) is 0 Å². The molecule has 0 bridgehead atoms. The van der Waals surface area contributed by atoms with Gasteiger partial charge in [0.25, 0.3) is 0 Å². The monoisotopic (exact) mass is 424 g/mol. The van der Waals surface area contributed by atoms with Crippen LogP contribution in [0.2, 0.25) is 0 Å². The van der Waals surface area contributed by atoms with E-state index in [-0.39, 0.29) is 42.2 Å². The van der Waals surface area contributed by atoms with Gasteiger partial charge in [0.2, 0.25) is 11.8 Å². The van der Waals surface area contributed by atoms with Gasteiger partial charge in [0.15, 0.2) is 0 Å². The molecule has 0 spiro atoms. The standard InChI is InChI=1S/C25H29FN2O3/c1-31-21-6-4-5-18(14-21)15-25(30)28-20(13-17-9-11-19(26)12-10-17)16-22-23(28)7-2-3-8-24(29)27-22/h4-6,9-12,14,20,22-23H,2-3,7-8,13,15-16H2,1H3,(H,27,29)/t20-,22+,23-/m1/s1. The quantitative estimate of drug-likeness (QED) is 0.797. The van der Waals surface area contributed by atoms with Crippen molar-refractivity contribution in [3.8, 4) is 5.75 Å². The molecule has 164 valence electrons. The van der Waals surface area contributed by atoms with Crippen molar-refractivity contribution in [1.29, 1.82) is 0 Å². The molecule has 0 saturated carbocycles. The molecule has 2 fully saturated rings. The van der Waals surface area contributed by atoms with Gasteiger partial charge in [0.1, 0.15) is 11.6 Å². The third-order valence-electron chi connectivity index (χ3n) is 6.40. The number of methoxy groups -OCH3 is 1. The summed E-state index contributed by atoms with van der Waals surface area (Å²) in [6.45, 7) is 0. The van der Waals surface area contributed by atoms with Crippen molar-refractivity contribution in [3.05, 3.63) is 65.5 Å². The van der Waals surface area contributed by atoms with Crippen molar-refractivity contribution in [1.82, 2.24) is 10.2 Å². The van der Waals surface area contributed by atoms with E-state index in [1.807, 2.05) is 29.2 Å². The molecule has 0 aliphatic carbocycles. The molecule has 2 aromatic rings. The second kappa shape index (κ2) is 9.50. The fourth-order valence-corrected chi connectivity index (χ4v) is 4.95. The summed E-state index contributed by atoms with van der Waals surface area (Å²) in [7, 11) is 1.61. The molecule has 3 atom stereocenters. The fraction of sp³-hybridized carbons (Fsp3) is 0.440. The Hall–Kier alpha value is -2.89. The number of ether oxygens (including phenoxy) is 1. The Labute approximate surface area is 182 Å². The van der Waals surface area contributed by atoms with Crippen LogP contribution >= 0.6 is 0 Å². The molecule has 5 nitrogen and oxygen atoms in total. The Morgan fingerprint density at radius 3 is 2.74 bits per heavy atom. The highest BCUT2D eigenvalue weighted by molar-refractivity contribution is 5.81. The summed E-state index contributed by atoms with van der Waals surface area (Å²) in [4.78, 5) is 27.8. The van der Waals surface area contributed by atoms with Crippen LogP contribution in [-0.4, -0.2) is 41.9 Å². The lowest BCUT2D eigenvalue weighted by molar-refractivity contribution is -0.134. The summed E-state index contributed by atoms with van der Waals surface area (Å²) in [5.41, 5.74) is 1.90. The van der Waals surface area contributed by atoms with Crippen molar-refractivity contribution in [3.63, 3.8) is 0 Å². The van der Waals surface area contributed by atoms with Crippen LogP contribution in [0.5, 0.6) is 5.75 Å². The Morgan fingerprint density at radius 2 is 1.97 bits per heavy atom. The topological polar surface area (TPSA) is 58.6 Å². The van der Waals surface area contributed by atoms with E-state index in [0.717, 1.165) is 42.6 Å². The van der Waals surface area contributed by atoms with Gasteiger partial charge in [-0.1, -0.05) is 30.7 Å². The number of nitrogens with zero attached hydrogens (tertiary/aromatic N) is 1. The first kappa shape index (κ1) is 21.3. The van der Waals surface area contributed by atoms with Gasteiger partial charge in [-0.2, -0.15) is 0 Å². The minimum atomic E-state index is -0.268. The number of hydrogen-bond acceptors (Lipinski definition) is 3. The highest BCUT2D eigenvalue weighted by Crippen LogP contribution is 2.33. The highest BCUT2D eigenvalue weighted by Gasteiger charge is 2.44. The molecule has 0 unspecified atom stereocenters. The average molecular weight is 425 g/mol. The average Bonchev–Trinajstić information content (AvgIpc) is 3.07. The molecule has 2 aliphatic heterocycles. The molecule has 1 N–H and O–H groups in total. The molecule has 0 aromatic heterocycles. The van der Waals surface area contributed by atoms with Gasteiger partial charge < -0.3 is 15.0 Å². The molecule has 6 heteroatoms. The summed E-state index contributed by atoms with van der Waals surface area (Å²) in [6, 6.07) is 14.0. The number of likely N-dealkylation sites (tertiary alicyclic amines) is 1. The highest BCUT2D eigenvalue weighted by atomic mass is 19.1. The van der Waals surface area contributed by atoms with Gasteiger partial charge in [-0.3, -0.25) is 9.59 Å². The number of nitrogens with one attached hydrogen (secondary N) is 1. The molecule has 2 heterocycles. The first-order valence-electron chi connectivity index (χ1n) is 11.0. The van der Waals surface area contributed by atoms with E-state index in [4.69, 9.17) is 4.74 Å². The number of rotatable bonds is 5. The van der Waals surface area contributed by atoms with Crippen molar-refractivity contribution in [2.45, 2.75) is 63.1 Å². The van der Waals surface area contributed by atoms with Gasteiger partial charge >= 0.3 is 0 Å². The number of hydrogen-bond donors (Lipinski definition) is 1. The van der Waals surface area contributed by atoms with Crippen LogP contribution in [0, 0.1) is 5.82 Å². The maximum Gasteiger partial charge on any atom is 0.227 e. The zero-order valence-electron chi connectivity index (χ0n) is 17.9. The number of halogens is 1. The smallest absolute Gasteiger partial charge is 0.227 e. The summed E-state index contributed by atoms with van der Waals surface area (Å²) >= 11 is 0. The zero-order valence-corrected chi connectivity index (χ0v) is 17.9. The van der Waals surface area contributed by atoms with Crippen LogP contribution < -0.4 is 10.1 Å². The van der Waals surface area contributed by atoms with Crippen LogP contribution in [0.3, 0.4) is 0 Å². The summed E-state index contributed by atoms with van der Waals surface area (Å²) in [5.74, 6) is 0.584. The minimum Gasteiger partial charge on any atom is -0.497 e. The normalized spacial score (nSPS) is 23.5. The van der Waals surface area contributed by atoms with Gasteiger partial charge in [-0.05, 0) is 61.1 Å². The maximum absolute atomic E-state index is 13.5. The zero-order chi connectivity index (χ0) is 21.8. The van der Waals surface area contributed by atoms with Crippen molar-refractivity contribution < 1.29 is 18.7 Å².